The number of hydrogen-bond acceptors (Lipinski definition) is 25. The third kappa shape index (κ3) is 37.3. The Morgan fingerprint density at radius 1 is 0.381 bits per heavy atom. The maximum Gasteiger partial charge on any atom is 0.306 e. The number of rotatable bonds is 50. The summed E-state index contributed by atoms with van der Waals surface area (Å²) in [6.45, 7) is 22.9. The second-order valence-electron chi connectivity index (χ2n) is 24.8. The molecule has 23 nitrogen and oxygen atoms in total. The molecular formula is C66H116Cl2N8O15S6. The predicted molar refractivity (Wildman–Crippen MR) is 397 cm³/mol. The van der Waals surface area contributed by atoms with E-state index in [-0.39, 0.29) is 50.0 Å². The smallest absolute Gasteiger partial charge is 0.306 e. The van der Waals surface area contributed by atoms with Gasteiger partial charge in [-0.2, -0.15) is 0 Å². The summed E-state index contributed by atoms with van der Waals surface area (Å²) >= 11 is 23.6. The van der Waals surface area contributed by atoms with Crippen molar-refractivity contribution in [3.05, 3.63) is 0 Å². The van der Waals surface area contributed by atoms with Gasteiger partial charge in [-0.25, -0.2) is 8.84 Å². The first kappa shape index (κ1) is 87.3. The highest BCUT2D eigenvalue weighted by Gasteiger charge is 2.58. The molecule has 560 valence electrons. The van der Waals surface area contributed by atoms with Crippen molar-refractivity contribution < 1.29 is 71.4 Å². The zero-order chi connectivity index (χ0) is 70.4. The van der Waals surface area contributed by atoms with Gasteiger partial charge in [-0.3, -0.25) is 38.6 Å². The van der Waals surface area contributed by atoms with Crippen molar-refractivity contribution >= 4 is 137 Å². The fourth-order valence-corrected chi connectivity index (χ4v) is 15.9. The topological polar surface area (TPSA) is 247 Å². The summed E-state index contributed by atoms with van der Waals surface area (Å²) in [6, 6.07) is 0. The first-order chi connectivity index (χ1) is 47.0. The van der Waals surface area contributed by atoms with Crippen LogP contribution in [0.2, 0.25) is 0 Å². The summed E-state index contributed by atoms with van der Waals surface area (Å²) in [4.78, 5) is 90.0. The van der Waals surface area contributed by atoms with E-state index in [1.54, 1.807) is 8.84 Å². The molecule has 4 heterocycles. The summed E-state index contributed by atoms with van der Waals surface area (Å²) in [7, 11) is 5.88. The lowest BCUT2D eigenvalue weighted by molar-refractivity contribution is -0.371. The monoisotopic (exact) mass is 1520 g/mol. The minimum atomic E-state index is -1.67. The number of ether oxygens (including phenoxy) is 9. The highest BCUT2D eigenvalue weighted by atomic mass is 35.5. The highest BCUT2D eigenvalue weighted by molar-refractivity contribution is 8.77. The van der Waals surface area contributed by atoms with Crippen LogP contribution in [-0.2, 0) is 71.4 Å². The maximum atomic E-state index is 14.3. The number of carbonyl (C=O) groups excluding carboxylic acids is 6. The number of esters is 6. The molecule has 0 bridgehead atoms. The van der Waals surface area contributed by atoms with E-state index in [0.717, 1.165) is 142 Å². The van der Waals surface area contributed by atoms with E-state index < -0.39 is 97.2 Å². The molecule has 0 aromatic heterocycles. The number of nitrogens with zero attached hydrogens (tertiary/aromatic N) is 4. The van der Waals surface area contributed by atoms with Gasteiger partial charge < -0.3 is 63.9 Å². The van der Waals surface area contributed by atoms with Crippen LogP contribution in [0, 0.1) is 0 Å². The Morgan fingerprint density at radius 2 is 0.649 bits per heavy atom. The molecule has 4 rings (SSSR count). The van der Waals surface area contributed by atoms with Crippen LogP contribution in [0.1, 0.15) is 196 Å². The van der Waals surface area contributed by atoms with Gasteiger partial charge in [0.25, 0.3) is 0 Å². The fourth-order valence-electron chi connectivity index (χ4n) is 11.0. The third-order valence-electron chi connectivity index (χ3n) is 16.6. The van der Waals surface area contributed by atoms with Crippen LogP contribution in [0.4, 0.5) is 0 Å². The van der Waals surface area contributed by atoms with Crippen molar-refractivity contribution in [1.29, 1.82) is 0 Å². The lowest BCUT2D eigenvalue weighted by atomic mass is 9.97. The summed E-state index contributed by atoms with van der Waals surface area (Å²) in [5.41, 5.74) is 0. The Hall–Kier alpha value is -2.10. The first-order valence-electron chi connectivity index (χ1n) is 35.9. The number of thiocarbonyl (C=S) groups is 2. The zero-order valence-electron chi connectivity index (χ0n) is 58.6. The van der Waals surface area contributed by atoms with E-state index in [4.69, 9.17) is 90.6 Å². The molecular weight excluding hydrogens is 1410 g/mol. The van der Waals surface area contributed by atoms with Crippen molar-refractivity contribution in [2.45, 2.75) is 257 Å². The van der Waals surface area contributed by atoms with Gasteiger partial charge in [-0.1, -0.05) is 162 Å². The van der Waals surface area contributed by atoms with Crippen molar-refractivity contribution in [1.82, 2.24) is 39.9 Å². The highest BCUT2D eigenvalue weighted by Crippen LogP contribution is 2.39. The molecule has 4 N–H and O–H groups in total. The van der Waals surface area contributed by atoms with Gasteiger partial charge in [-0.05, 0) is 86.5 Å². The van der Waals surface area contributed by atoms with Crippen molar-refractivity contribution in [2.75, 3.05) is 115 Å². The van der Waals surface area contributed by atoms with Crippen LogP contribution < -0.4 is 21.3 Å². The van der Waals surface area contributed by atoms with Gasteiger partial charge in [0, 0.05) is 153 Å². The van der Waals surface area contributed by atoms with Gasteiger partial charge in [-0.15, -0.1) is 0 Å². The van der Waals surface area contributed by atoms with E-state index in [1.165, 1.54) is 43.2 Å². The van der Waals surface area contributed by atoms with E-state index in [9.17, 15) is 28.8 Å². The Morgan fingerprint density at radius 3 is 0.938 bits per heavy atom. The van der Waals surface area contributed by atoms with Crippen LogP contribution in [-0.4, -0.2) is 241 Å². The fraction of sp³-hybridized carbons (Fsp3) is 0.879. The Balaban J connectivity index is 1.78. The number of unbranched alkanes of at least 4 members (excludes halogenated alkanes) is 12. The number of piperazine rings is 2. The standard InChI is InChI=1S/C66H116Cl2N8O15S6/c1-7-13-19-25-51(77)85-57-49(47-96-94-45-33-71-65(92)69-31-35-73-37-41-75(67)42-38-73)83-63(61(89-55(81)29-23-17-11-5)59(57)87-53(79)27-21-15-9-3)91-64-62(90-56(82)30-24-18-12-6)60(88-54(80)28-22-16-10-4)58(86-52(78)26-20-14-8-2)50(84-64)48-97-95-46-34-72-66(93)70-32-36-74-39-43-76(68)44-40-74/h49-50,57-64H,7-48H2,1-6H3,(H2,69,71,92)(H2,70,72,93)/t49?,50?,57-,58-,59+,60?,61?,62?,63-,64-/m1/s1. The minimum Gasteiger partial charge on any atom is -0.455 e. The van der Waals surface area contributed by atoms with Gasteiger partial charge in [0.2, 0.25) is 12.6 Å². The molecule has 4 saturated heterocycles. The summed E-state index contributed by atoms with van der Waals surface area (Å²) in [6.07, 6.45) is -1.56. The summed E-state index contributed by atoms with van der Waals surface area (Å²) in [5.74, 6) is -2.17. The van der Waals surface area contributed by atoms with Crippen LogP contribution in [0.25, 0.3) is 0 Å². The maximum absolute atomic E-state index is 14.3. The van der Waals surface area contributed by atoms with Crippen molar-refractivity contribution in [3.8, 4) is 0 Å². The van der Waals surface area contributed by atoms with Crippen LogP contribution >= 0.6 is 91.2 Å². The average Bonchev–Trinajstić information content (AvgIpc) is 0.770. The van der Waals surface area contributed by atoms with E-state index in [0.29, 0.717) is 86.4 Å². The molecule has 0 aromatic carbocycles. The second-order valence-corrected chi connectivity index (χ2v) is 31.8. The molecule has 4 aliphatic heterocycles. The number of nitrogens with one attached hydrogen (secondary N) is 4. The molecule has 31 heteroatoms. The Bertz CT molecular complexity index is 2100. The van der Waals surface area contributed by atoms with Crippen molar-refractivity contribution in [3.63, 3.8) is 0 Å². The Kier molecular flexibility index (Phi) is 48.3. The first-order valence-corrected chi connectivity index (χ1v) is 42.4. The summed E-state index contributed by atoms with van der Waals surface area (Å²) < 4.78 is 63.2. The third-order valence-corrected chi connectivity index (χ3v) is 22.7. The SMILES string of the molecule is CCCCCC(=O)OC1C(OC(=O)CCCCC)[C@H](OC(=O)CCCCC)C(CSSCCNC(=S)NCCN2CCN(Cl)CC2)O[C@@H]1O[C@H]1OC(CSSCCNC(=S)NCCN2CCN(Cl)CC2)[C@@H](OC(=O)CCCCC)[C@H](OC(=O)CCCCC)C1OC(=O)CCCCC. The summed E-state index contributed by atoms with van der Waals surface area (Å²) in [5, 5.41) is 14.2. The van der Waals surface area contributed by atoms with Crippen LogP contribution in [0.5, 0.6) is 0 Å². The van der Waals surface area contributed by atoms with E-state index in [2.05, 4.69) is 31.1 Å². The molecule has 0 spiro atoms. The molecule has 4 fully saturated rings. The van der Waals surface area contributed by atoms with E-state index >= 15 is 0 Å². The largest absolute Gasteiger partial charge is 0.455 e. The van der Waals surface area contributed by atoms with Gasteiger partial charge >= 0.3 is 35.8 Å². The molecule has 0 saturated carbocycles. The molecule has 0 radical (unpaired) electrons. The van der Waals surface area contributed by atoms with Crippen molar-refractivity contribution in [2.24, 2.45) is 0 Å². The number of carbonyl (C=O) groups is 6. The normalized spacial score (nSPS) is 23.4. The quantitative estimate of drug-likeness (QED) is 0.0110. The molecule has 0 aliphatic carbocycles. The molecule has 10 atom stereocenters. The van der Waals surface area contributed by atoms with Gasteiger partial charge in [0.15, 0.2) is 46.8 Å². The zero-order valence-corrected chi connectivity index (χ0v) is 65.0. The molecule has 4 aliphatic rings. The molecule has 5 unspecified atom stereocenters. The van der Waals surface area contributed by atoms with Gasteiger partial charge in [0.1, 0.15) is 12.2 Å². The lowest BCUT2D eigenvalue weighted by Crippen LogP contribution is -2.66. The lowest BCUT2D eigenvalue weighted by Gasteiger charge is -2.48. The van der Waals surface area contributed by atoms with Crippen LogP contribution in [0.3, 0.4) is 0 Å². The number of hydrogen-bond donors (Lipinski definition) is 4. The Labute approximate surface area is 616 Å². The van der Waals surface area contributed by atoms with E-state index in [1.807, 2.05) is 41.5 Å². The number of halogens is 2. The second kappa shape index (κ2) is 53.7. The molecule has 0 aromatic rings. The van der Waals surface area contributed by atoms with Crippen LogP contribution in [0.15, 0.2) is 0 Å². The average molecular weight is 1530 g/mol. The minimum absolute atomic E-state index is 0.00817. The molecule has 0 amide bonds. The molecule has 97 heavy (non-hydrogen) atoms. The predicted octanol–water partition coefficient (Wildman–Crippen LogP) is 10.6. The van der Waals surface area contributed by atoms with Gasteiger partial charge in [0.05, 0.1) is 0 Å².